The largest absolute Gasteiger partial charge is 0.416 e. The maximum absolute atomic E-state index is 12.7. The molecule has 0 aromatic heterocycles. The van der Waals surface area contributed by atoms with Gasteiger partial charge in [-0.2, -0.15) is 17.5 Å². The van der Waals surface area contributed by atoms with Gasteiger partial charge in [0.05, 0.1) is 10.5 Å². The third-order valence-corrected chi connectivity index (χ3v) is 6.95. The third kappa shape index (κ3) is 3.19. The molecule has 8 heteroatoms. The van der Waals surface area contributed by atoms with E-state index in [1.54, 1.807) is 0 Å². The lowest BCUT2D eigenvalue weighted by Crippen LogP contribution is -2.36. The molecular formula is C16H21F3N2O2S. The van der Waals surface area contributed by atoms with E-state index < -0.39 is 21.8 Å². The maximum Gasteiger partial charge on any atom is 0.416 e. The van der Waals surface area contributed by atoms with E-state index in [0.29, 0.717) is 25.0 Å². The number of benzene rings is 1. The van der Waals surface area contributed by atoms with E-state index in [9.17, 15) is 21.6 Å². The van der Waals surface area contributed by atoms with E-state index in [2.05, 4.69) is 5.32 Å². The quantitative estimate of drug-likeness (QED) is 0.896. The van der Waals surface area contributed by atoms with Crippen molar-refractivity contribution < 1.29 is 21.6 Å². The number of nitrogens with one attached hydrogen (secondary N) is 1. The Morgan fingerprint density at radius 3 is 2.42 bits per heavy atom. The van der Waals surface area contributed by atoms with Gasteiger partial charge in [-0.25, -0.2) is 8.42 Å². The Labute approximate surface area is 140 Å². The van der Waals surface area contributed by atoms with E-state index in [0.717, 1.165) is 43.7 Å². The number of hydrogen-bond acceptors (Lipinski definition) is 3. The van der Waals surface area contributed by atoms with Crippen LogP contribution in [0.2, 0.25) is 0 Å². The molecule has 0 spiro atoms. The van der Waals surface area contributed by atoms with Crippen LogP contribution >= 0.6 is 0 Å². The minimum atomic E-state index is -4.47. The average Bonchev–Trinajstić information content (AvgIpc) is 3.09. The highest BCUT2D eigenvalue weighted by Crippen LogP contribution is 2.40. The van der Waals surface area contributed by atoms with Crippen molar-refractivity contribution in [2.75, 3.05) is 19.6 Å². The number of alkyl halides is 3. The van der Waals surface area contributed by atoms with Gasteiger partial charge in [-0.1, -0.05) is 6.92 Å². The molecule has 1 aliphatic carbocycles. The molecule has 2 aliphatic rings. The fourth-order valence-corrected chi connectivity index (χ4v) is 5.44. The normalized spacial score (nSPS) is 28.2. The van der Waals surface area contributed by atoms with Crippen molar-refractivity contribution in [3.05, 3.63) is 29.8 Å². The summed E-state index contributed by atoms with van der Waals surface area (Å²) >= 11 is 0. The third-order valence-electron chi connectivity index (χ3n) is 5.11. The first-order valence-corrected chi connectivity index (χ1v) is 9.58. The molecular weight excluding hydrogens is 341 g/mol. The van der Waals surface area contributed by atoms with Crippen molar-refractivity contribution in [3.63, 3.8) is 0 Å². The molecule has 1 aliphatic heterocycles. The van der Waals surface area contributed by atoms with E-state index in [1.165, 1.54) is 4.31 Å². The molecule has 1 heterocycles. The van der Waals surface area contributed by atoms with Crippen LogP contribution in [0.4, 0.5) is 13.2 Å². The molecule has 0 amide bonds. The summed E-state index contributed by atoms with van der Waals surface area (Å²) in [5, 5.41) is 3.41. The Hall–Kier alpha value is -1.12. The topological polar surface area (TPSA) is 49.4 Å². The van der Waals surface area contributed by atoms with Crippen molar-refractivity contribution in [2.24, 2.45) is 11.8 Å². The number of rotatable bonds is 4. The van der Waals surface area contributed by atoms with Gasteiger partial charge < -0.3 is 5.32 Å². The van der Waals surface area contributed by atoms with Crippen LogP contribution in [0.25, 0.3) is 0 Å². The zero-order valence-corrected chi connectivity index (χ0v) is 14.2. The Bertz CT molecular complexity index is 686. The zero-order valence-electron chi connectivity index (χ0n) is 13.4. The van der Waals surface area contributed by atoms with Gasteiger partial charge in [0, 0.05) is 19.1 Å². The molecule has 1 saturated heterocycles. The van der Waals surface area contributed by atoms with Gasteiger partial charge in [0.2, 0.25) is 10.0 Å². The Morgan fingerprint density at radius 2 is 1.83 bits per heavy atom. The monoisotopic (exact) mass is 362 g/mol. The second-order valence-electron chi connectivity index (χ2n) is 6.51. The predicted octanol–water partition coefficient (Wildman–Crippen LogP) is 2.71. The van der Waals surface area contributed by atoms with Crippen LogP contribution in [-0.4, -0.2) is 38.4 Å². The lowest BCUT2D eigenvalue weighted by Gasteiger charge is -2.21. The van der Waals surface area contributed by atoms with Crippen molar-refractivity contribution in [2.45, 2.75) is 36.9 Å². The molecule has 134 valence electrons. The molecule has 1 aromatic carbocycles. The summed E-state index contributed by atoms with van der Waals surface area (Å²) in [6.07, 6.45) is -2.43. The number of halogens is 3. The first kappa shape index (κ1) is 17.7. The van der Waals surface area contributed by atoms with Gasteiger partial charge in [-0.3, -0.25) is 0 Å². The predicted molar refractivity (Wildman–Crippen MR) is 83.9 cm³/mol. The number of nitrogens with zero attached hydrogens (tertiary/aromatic N) is 1. The van der Waals surface area contributed by atoms with Gasteiger partial charge in [-0.15, -0.1) is 0 Å². The van der Waals surface area contributed by atoms with Gasteiger partial charge in [0.1, 0.15) is 0 Å². The minimum Gasteiger partial charge on any atom is -0.314 e. The standard InChI is InChI=1S/C16H21F3N2O2S/c1-2-20-15-8-3-11-9-21(10-14(11)15)24(22,23)13-6-4-12(5-7-13)16(17,18)19/h4-7,11,14-15,20H,2-3,8-10H2,1H3. The van der Waals surface area contributed by atoms with Crippen LogP contribution in [0.15, 0.2) is 29.2 Å². The van der Waals surface area contributed by atoms with Gasteiger partial charge >= 0.3 is 6.18 Å². The summed E-state index contributed by atoms with van der Waals surface area (Å²) in [5.41, 5.74) is -0.841. The summed E-state index contributed by atoms with van der Waals surface area (Å²) in [5.74, 6) is 0.618. The highest BCUT2D eigenvalue weighted by molar-refractivity contribution is 7.89. The van der Waals surface area contributed by atoms with Crippen molar-refractivity contribution in [1.29, 1.82) is 0 Å². The summed E-state index contributed by atoms with van der Waals surface area (Å²) < 4.78 is 64.7. The molecule has 3 unspecified atom stereocenters. The minimum absolute atomic E-state index is 0.0736. The summed E-state index contributed by atoms with van der Waals surface area (Å²) in [7, 11) is -3.74. The molecule has 3 rings (SSSR count). The smallest absolute Gasteiger partial charge is 0.314 e. The second-order valence-corrected chi connectivity index (χ2v) is 8.45. The van der Waals surface area contributed by atoms with E-state index >= 15 is 0 Å². The Balaban J connectivity index is 1.77. The first-order valence-electron chi connectivity index (χ1n) is 8.14. The second kappa shape index (κ2) is 6.31. The molecule has 24 heavy (non-hydrogen) atoms. The molecule has 4 nitrogen and oxygen atoms in total. The molecule has 1 saturated carbocycles. The van der Waals surface area contributed by atoms with Crippen molar-refractivity contribution in [1.82, 2.24) is 9.62 Å². The van der Waals surface area contributed by atoms with Gasteiger partial charge in [0.15, 0.2) is 0 Å². The van der Waals surface area contributed by atoms with Crippen molar-refractivity contribution >= 4 is 10.0 Å². The summed E-state index contributed by atoms with van der Waals surface area (Å²) in [6.45, 7) is 3.76. The zero-order chi connectivity index (χ0) is 17.5. The van der Waals surface area contributed by atoms with Crippen LogP contribution in [0.1, 0.15) is 25.3 Å². The van der Waals surface area contributed by atoms with E-state index in [1.807, 2.05) is 6.92 Å². The number of sulfonamides is 1. The first-order chi connectivity index (χ1) is 11.2. The summed E-state index contributed by atoms with van der Waals surface area (Å²) in [6, 6.07) is 4.08. The van der Waals surface area contributed by atoms with Crippen LogP contribution in [-0.2, 0) is 16.2 Å². The average molecular weight is 362 g/mol. The van der Waals surface area contributed by atoms with Crippen LogP contribution in [0.5, 0.6) is 0 Å². The fraction of sp³-hybridized carbons (Fsp3) is 0.625. The molecule has 2 fully saturated rings. The van der Waals surface area contributed by atoms with E-state index in [4.69, 9.17) is 0 Å². The maximum atomic E-state index is 12.7. The van der Waals surface area contributed by atoms with Crippen LogP contribution in [0, 0.1) is 11.8 Å². The van der Waals surface area contributed by atoms with Gasteiger partial charge in [-0.05, 0) is 55.5 Å². The van der Waals surface area contributed by atoms with Crippen LogP contribution < -0.4 is 5.32 Å². The Kier molecular flexibility index (Phi) is 4.65. The SMILES string of the molecule is CCNC1CCC2CN(S(=O)(=O)c3ccc(C(F)(F)F)cc3)CC21. The number of fused-ring (bicyclic) bond motifs is 1. The molecule has 0 radical (unpaired) electrons. The Morgan fingerprint density at radius 1 is 1.17 bits per heavy atom. The van der Waals surface area contributed by atoms with Crippen molar-refractivity contribution in [3.8, 4) is 0 Å². The highest BCUT2D eigenvalue weighted by atomic mass is 32.2. The molecule has 1 N–H and O–H groups in total. The summed E-state index contributed by atoms with van der Waals surface area (Å²) in [4.78, 5) is -0.0736. The van der Waals surface area contributed by atoms with Gasteiger partial charge in [0.25, 0.3) is 0 Å². The fourth-order valence-electron chi connectivity index (χ4n) is 3.90. The molecule has 3 atom stereocenters. The highest BCUT2D eigenvalue weighted by Gasteiger charge is 2.46. The molecule has 0 bridgehead atoms. The molecule has 1 aromatic rings. The van der Waals surface area contributed by atoms with Crippen LogP contribution in [0.3, 0.4) is 0 Å². The number of hydrogen-bond donors (Lipinski definition) is 1. The lowest BCUT2D eigenvalue weighted by molar-refractivity contribution is -0.137. The van der Waals surface area contributed by atoms with E-state index in [-0.39, 0.29) is 10.8 Å². The lowest BCUT2D eigenvalue weighted by atomic mass is 9.98.